The summed E-state index contributed by atoms with van der Waals surface area (Å²) in [5.74, 6) is 1.46. The van der Waals surface area contributed by atoms with Gasteiger partial charge in [-0.25, -0.2) is 0 Å². The van der Waals surface area contributed by atoms with Crippen LogP contribution < -0.4 is 14.9 Å². The summed E-state index contributed by atoms with van der Waals surface area (Å²) in [5, 5.41) is 13.9. The molecule has 0 unspecified atom stereocenters. The third kappa shape index (κ3) is 5.74. The molecule has 0 amide bonds. The van der Waals surface area contributed by atoms with Crippen LogP contribution in [0.2, 0.25) is 5.02 Å². The number of nitrogens with zero attached hydrogens (tertiary/aromatic N) is 2. The van der Waals surface area contributed by atoms with Gasteiger partial charge in [-0.05, 0) is 42.0 Å². The van der Waals surface area contributed by atoms with E-state index >= 15 is 0 Å². The Kier molecular flexibility index (Phi) is 7.10. The Hall–Kier alpha value is -3.49. The average molecular weight is 406 g/mol. The second kappa shape index (κ2) is 10.2. The van der Waals surface area contributed by atoms with Crippen LogP contribution in [-0.4, -0.2) is 13.3 Å². The van der Waals surface area contributed by atoms with E-state index < -0.39 is 0 Å². The van der Waals surface area contributed by atoms with Crippen molar-refractivity contribution in [3.8, 4) is 17.6 Å². The molecule has 146 valence electrons. The molecule has 0 fully saturated rings. The van der Waals surface area contributed by atoms with Crippen molar-refractivity contribution in [2.75, 3.05) is 7.11 Å². The molecule has 0 aliphatic heterocycles. The third-order valence-electron chi connectivity index (χ3n) is 4.18. The highest BCUT2D eigenvalue weighted by molar-refractivity contribution is 6.30. The van der Waals surface area contributed by atoms with E-state index in [9.17, 15) is 0 Å². The first-order valence-corrected chi connectivity index (χ1v) is 9.36. The van der Waals surface area contributed by atoms with Crippen LogP contribution in [0.25, 0.3) is 0 Å². The van der Waals surface area contributed by atoms with Crippen molar-refractivity contribution in [3.05, 3.63) is 94.0 Å². The van der Waals surface area contributed by atoms with Gasteiger partial charge in [0.15, 0.2) is 0 Å². The lowest BCUT2D eigenvalue weighted by molar-refractivity contribution is 0.306. The molecule has 0 aliphatic rings. The summed E-state index contributed by atoms with van der Waals surface area (Å²) in [7, 11) is 1.64. The molecule has 0 atom stereocenters. The van der Waals surface area contributed by atoms with Gasteiger partial charge in [0.05, 0.1) is 31.5 Å². The number of para-hydroxylation sites is 1. The molecule has 3 rings (SSSR count). The van der Waals surface area contributed by atoms with Gasteiger partial charge in [0.25, 0.3) is 0 Å². The van der Waals surface area contributed by atoms with E-state index in [0.717, 1.165) is 22.4 Å². The summed E-state index contributed by atoms with van der Waals surface area (Å²) in [5.41, 5.74) is 6.29. The first-order chi connectivity index (χ1) is 14.2. The quantitative estimate of drug-likeness (QED) is 0.426. The fourth-order valence-corrected chi connectivity index (χ4v) is 2.92. The topological polar surface area (TPSA) is 66.6 Å². The maximum absolute atomic E-state index is 9.02. The second-order valence-corrected chi connectivity index (χ2v) is 6.62. The minimum absolute atomic E-state index is 0.340. The minimum atomic E-state index is 0.340. The number of hydrogen-bond acceptors (Lipinski definition) is 5. The fraction of sp³-hybridized carbons (Fsp3) is 0.130. The molecule has 0 saturated carbocycles. The molecule has 0 aliphatic carbocycles. The largest absolute Gasteiger partial charge is 0.496 e. The first-order valence-electron chi connectivity index (χ1n) is 8.99. The van der Waals surface area contributed by atoms with Crippen LogP contribution in [0, 0.1) is 11.3 Å². The first kappa shape index (κ1) is 20.2. The van der Waals surface area contributed by atoms with Crippen molar-refractivity contribution < 1.29 is 9.47 Å². The maximum atomic E-state index is 9.02. The van der Waals surface area contributed by atoms with E-state index in [0.29, 0.717) is 29.5 Å². The third-order valence-corrected chi connectivity index (χ3v) is 4.41. The fourth-order valence-electron chi connectivity index (χ4n) is 2.74. The predicted octanol–water partition coefficient (Wildman–Crippen LogP) is 4.92. The van der Waals surface area contributed by atoms with E-state index in [4.69, 9.17) is 26.3 Å². The zero-order chi connectivity index (χ0) is 20.5. The van der Waals surface area contributed by atoms with Gasteiger partial charge in [-0.2, -0.15) is 10.4 Å². The van der Waals surface area contributed by atoms with E-state index in [1.165, 1.54) is 0 Å². The standard InChI is InChI=1S/C23H20ClN3O2/c1-28-22-8-3-2-7-19(22)14-26-27-15-20-12-21(24)9-10-23(20)29-16-18-6-4-5-17(11-18)13-25/h2-12,15,26H,14,16H2,1H3/b27-15+. The molecular weight excluding hydrogens is 386 g/mol. The van der Waals surface area contributed by atoms with Crippen LogP contribution in [0.3, 0.4) is 0 Å². The van der Waals surface area contributed by atoms with E-state index in [1.807, 2.05) is 36.4 Å². The lowest BCUT2D eigenvalue weighted by Gasteiger charge is -2.10. The van der Waals surface area contributed by atoms with Crippen molar-refractivity contribution in [1.29, 1.82) is 5.26 Å². The van der Waals surface area contributed by atoms with Crippen LogP contribution in [0.5, 0.6) is 11.5 Å². The van der Waals surface area contributed by atoms with Gasteiger partial charge in [0.1, 0.15) is 18.1 Å². The average Bonchev–Trinajstić information content (AvgIpc) is 2.76. The zero-order valence-corrected chi connectivity index (χ0v) is 16.7. The second-order valence-electron chi connectivity index (χ2n) is 6.19. The Morgan fingerprint density at radius 3 is 2.76 bits per heavy atom. The molecule has 0 heterocycles. The van der Waals surface area contributed by atoms with E-state index in [-0.39, 0.29) is 0 Å². The predicted molar refractivity (Wildman–Crippen MR) is 114 cm³/mol. The van der Waals surface area contributed by atoms with Gasteiger partial charge in [0, 0.05) is 16.1 Å². The number of ether oxygens (including phenoxy) is 2. The molecule has 5 nitrogen and oxygen atoms in total. The number of methoxy groups -OCH3 is 1. The normalized spacial score (nSPS) is 10.5. The summed E-state index contributed by atoms with van der Waals surface area (Å²) in [6.45, 7) is 0.866. The number of rotatable bonds is 8. The van der Waals surface area contributed by atoms with Gasteiger partial charge in [-0.3, -0.25) is 0 Å². The molecule has 3 aromatic rings. The highest BCUT2D eigenvalue weighted by Crippen LogP contribution is 2.23. The minimum Gasteiger partial charge on any atom is -0.496 e. The summed E-state index contributed by atoms with van der Waals surface area (Å²) < 4.78 is 11.3. The summed E-state index contributed by atoms with van der Waals surface area (Å²) in [6.07, 6.45) is 1.67. The highest BCUT2D eigenvalue weighted by atomic mass is 35.5. The van der Waals surface area contributed by atoms with Crippen LogP contribution in [-0.2, 0) is 13.2 Å². The van der Waals surface area contributed by atoms with Crippen molar-refractivity contribution in [2.24, 2.45) is 5.10 Å². The number of hydrazone groups is 1. The Labute approximate surface area is 175 Å². The highest BCUT2D eigenvalue weighted by Gasteiger charge is 2.05. The summed E-state index contributed by atoms with van der Waals surface area (Å²) in [4.78, 5) is 0. The molecule has 0 bridgehead atoms. The van der Waals surface area contributed by atoms with Gasteiger partial charge >= 0.3 is 0 Å². The molecule has 0 radical (unpaired) electrons. The SMILES string of the molecule is COc1ccccc1CN/N=C/c1cc(Cl)ccc1OCc1cccc(C#N)c1. The summed E-state index contributed by atoms with van der Waals surface area (Å²) >= 11 is 6.13. The molecule has 0 spiro atoms. The lowest BCUT2D eigenvalue weighted by atomic mass is 10.1. The van der Waals surface area contributed by atoms with Crippen molar-refractivity contribution in [3.63, 3.8) is 0 Å². The van der Waals surface area contributed by atoms with Crippen LogP contribution in [0.4, 0.5) is 0 Å². The molecule has 6 heteroatoms. The Morgan fingerprint density at radius 2 is 1.93 bits per heavy atom. The molecule has 29 heavy (non-hydrogen) atoms. The number of nitriles is 1. The molecule has 1 N–H and O–H groups in total. The summed E-state index contributed by atoms with van der Waals surface area (Å²) in [6, 6.07) is 22.6. The number of halogens is 1. The monoisotopic (exact) mass is 405 g/mol. The van der Waals surface area contributed by atoms with Crippen molar-refractivity contribution in [1.82, 2.24) is 5.43 Å². The lowest BCUT2D eigenvalue weighted by Crippen LogP contribution is -2.07. The van der Waals surface area contributed by atoms with Crippen LogP contribution in [0.1, 0.15) is 22.3 Å². The maximum Gasteiger partial charge on any atom is 0.128 e. The van der Waals surface area contributed by atoms with E-state index in [1.54, 1.807) is 43.7 Å². The number of nitrogens with one attached hydrogen (secondary N) is 1. The Balaban J connectivity index is 1.66. The molecule has 0 saturated heterocycles. The van der Waals surface area contributed by atoms with Crippen molar-refractivity contribution >= 4 is 17.8 Å². The molecule has 3 aromatic carbocycles. The molecule has 0 aromatic heterocycles. The van der Waals surface area contributed by atoms with E-state index in [2.05, 4.69) is 16.6 Å². The van der Waals surface area contributed by atoms with Crippen molar-refractivity contribution in [2.45, 2.75) is 13.2 Å². The smallest absolute Gasteiger partial charge is 0.128 e. The number of hydrogen-bond donors (Lipinski definition) is 1. The van der Waals surface area contributed by atoms with Gasteiger partial charge in [-0.1, -0.05) is 41.9 Å². The number of benzene rings is 3. The van der Waals surface area contributed by atoms with Gasteiger partial charge in [-0.15, -0.1) is 0 Å². The van der Waals surface area contributed by atoms with Crippen LogP contribution in [0.15, 0.2) is 71.8 Å². The Bertz CT molecular complexity index is 1040. The van der Waals surface area contributed by atoms with Gasteiger partial charge < -0.3 is 14.9 Å². The molecular formula is C23H20ClN3O2. The zero-order valence-electron chi connectivity index (χ0n) is 15.9. The van der Waals surface area contributed by atoms with Crippen LogP contribution >= 0.6 is 11.6 Å². The Morgan fingerprint density at radius 1 is 1.07 bits per heavy atom. The van der Waals surface area contributed by atoms with Gasteiger partial charge in [0.2, 0.25) is 0 Å².